The molecule has 2 aliphatic rings. The van der Waals surface area contributed by atoms with Gasteiger partial charge in [-0.3, -0.25) is 4.79 Å². The molecule has 2 aromatic rings. The van der Waals surface area contributed by atoms with Gasteiger partial charge in [-0.1, -0.05) is 18.2 Å². The largest absolute Gasteiger partial charge is 0.336 e. The molecule has 1 aromatic carbocycles. The summed E-state index contributed by atoms with van der Waals surface area (Å²) in [6.07, 6.45) is 3.32. The quantitative estimate of drug-likeness (QED) is 0.871. The van der Waals surface area contributed by atoms with E-state index in [-0.39, 0.29) is 23.6 Å². The fourth-order valence-corrected chi connectivity index (χ4v) is 3.09. The second-order valence-electron chi connectivity index (χ2n) is 5.93. The Labute approximate surface area is 127 Å². The van der Waals surface area contributed by atoms with Crippen molar-refractivity contribution in [1.82, 2.24) is 19.7 Å². The summed E-state index contributed by atoms with van der Waals surface area (Å²) >= 11 is 0. The van der Waals surface area contributed by atoms with Gasteiger partial charge in [0, 0.05) is 19.5 Å². The number of aromatic nitrogens is 3. The van der Waals surface area contributed by atoms with Crippen LogP contribution >= 0.6 is 0 Å². The molecule has 0 radical (unpaired) electrons. The Hall–Kier alpha value is -2.24. The minimum atomic E-state index is -0.187. The summed E-state index contributed by atoms with van der Waals surface area (Å²) in [5, 5.41) is 4.39. The van der Waals surface area contributed by atoms with E-state index in [9.17, 15) is 9.18 Å². The SMILES string of the molecule is O=C(c1nc2n(n1)[C@@H](Cc1ccccc1F)CC2)N1CCC1. The number of carbonyl (C=O) groups is 1. The van der Waals surface area contributed by atoms with Crippen molar-refractivity contribution in [3.8, 4) is 0 Å². The predicted octanol–water partition coefficient (Wildman–Crippen LogP) is 1.99. The van der Waals surface area contributed by atoms with Crippen molar-refractivity contribution >= 4 is 5.91 Å². The van der Waals surface area contributed by atoms with E-state index in [1.807, 2.05) is 10.7 Å². The molecular formula is C16H17FN4O. The lowest BCUT2D eigenvalue weighted by atomic mass is 10.0. The van der Waals surface area contributed by atoms with Gasteiger partial charge in [-0.2, -0.15) is 0 Å². The number of halogens is 1. The van der Waals surface area contributed by atoms with Crippen LogP contribution in [0.2, 0.25) is 0 Å². The highest BCUT2D eigenvalue weighted by molar-refractivity contribution is 5.90. The Morgan fingerprint density at radius 2 is 2.14 bits per heavy atom. The Kier molecular flexibility index (Phi) is 3.17. The summed E-state index contributed by atoms with van der Waals surface area (Å²) in [7, 11) is 0. The number of carbonyl (C=O) groups excluding carboxylic acids is 1. The molecule has 5 nitrogen and oxygen atoms in total. The zero-order chi connectivity index (χ0) is 15.1. The molecule has 0 spiro atoms. The van der Waals surface area contributed by atoms with Crippen LogP contribution in [0.15, 0.2) is 24.3 Å². The van der Waals surface area contributed by atoms with Gasteiger partial charge in [-0.25, -0.2) is 14.1 Å². The normalized spacial score (nSPS) is 19.9. The minimum Gasteiger partial charge on any atom is -0.336 e. The summed E-state index contributed by atoms with van der Waals surface area (Å²) in [5.41, 5.74) is 0.687. The molecule has 4 rings (SSSR count). The highest BCUT2D eigenvalue weighted by atomic mass is 19.1. The Balaban J connectivity index is 1.55. The van der Waals surface area contributed by atoms with Gasteiger partial charge >= 0.3 is 0 Å². The number of benzene rings is 1. The van der Waals surface area contributed by atoms with Crippen LogP contribution in [0.1, 0.15) is 40.9 Å². The van der Waals surface area contributed by atoms with Gasteiger partial charge in [0.2, 0.25) is 5.82 Å². The standard InChI is InChI=1S/C16H17FN4O/c17-13-5-2-1-4-11(13)10-12-6-7-14-18-15(19-21(12)14)16(22)20-8-3-9-20/h1-2,4-5,12H,3,6-10H2/t12-/m1/s1. The van der Waals surface area contributed by atoms with Crippen LogP contribution in [-0.4, -0.2) is 38.7 Å². The number of rotatable bonds is 3. The summed E-state index contributed by atoms with van der Waals surface area (Å²) in [6, 6.07) is 6.89. The van der Waals surface area contributed by atoms with E-state index in [0.717, 1.165) is 38.2 Å². The van der Waals surface area contributed by atoms with Gasteiger partial charge in [0.05, 0.1) is 6.04 Å². The Bertz CT molecular complexity index is 723. The Morgan fingerprint density at radius 1 is 1.32 bits per heavy atom. The van der Waals surface area contributed by atoms with Gasteiger partial charge in [-0.15, -0.1) is 5.10 Å². The van der Waals surface area contributed by atoms with Gasteiger partial charge in [0.25, 0.3) is 5.91 Å². The number of likely N-dealkylation sites (tertiary alicyclic amines) is 1. The van der Waals surface area contributed by atoms with Crippen LogP contribution in [0.25, 0.3) is 0 Å². The van der Waals surface area contributed by atoms with Crippen LogP contribution in [0.4, 0.5) is 4.39 Å². The molecule has 0 N–H and O–H groups in total. The lowest BCUT2D eigenvalue weighted by Crippen LogP contribution is -2.42. The second-order valence-corrected chi connectivity index (χ2v) is 5.93. The molecule has 0 bridgehead atoms. The van der Waals surface area contributed by atoms with Gasteiger partial charge in [-0.05, 0) is 30.9 Å². The molecule has 1 atom stereocenters. The third-order valence-electron chi connectivity index (χ3n) is 4.50. The predicted molar refractivity (Wildman–Crippen MR) is 78.0 cm³/mol. The van der Waals surface area contributed by atoms with Crippen molar-refractivity contribution in [2.24, 2.45) is 0 Å². The molecule has 1 amide bonds. The first-order valence-corrected chi connectivity index (χ1v) is 7.70. The number of hydrogen-bond acceptors (Lipinski definition) is 3. The smallest absolute Gasteiger partial charge is 0.293 e. The lowest BCUT2D eigenvalue weighted by molar-refractivity contribution is 0.0638. The molecule has 6 heteroatoms. The molecule has 0 aliphatic carbocycles. The molecular weight excluding hydrogens is 283 g/mol. The van der Waals surface area contributed by atoms with Crippen LogP contribution in [-0.2, 0) is 12.8 Å². The van der Waals surface area contributed by atoms with Crippen molar-refractivity contribution in [1.29, 1.82) is 0 Å². The highest BCUT2D eigenvalue weighted by Gasteiger charge is 2.31. The van der Waals surface area contributed by atoms with Gasteiger partial charge < -0.3 is 4.90 Å². The van der Waals surface area contributed by atoms with E-state index < -0.39 is 0 Å². The fraction of sp³-hybridized carbons (Fsp3) is 0.438. The zero-order valence-electron chi connectivity index (χ0n) is 12.2. The summed E-state index contributed by atoms with van der Waals surface area (Å²) in [6.45, 7) is 1.59. The first kappa shape index (κ1) is 13.4. The van der Waals surface area contributed by atoms with E-state index in [0.29, 0.717) is 12.0 Å². The summed E-state index contributed by atoms with van der Waals surface area (Å²) in [4.78, 5) is 18.3. The first-order valence-electron chi connectivity index (χ1n) is 7.70. The second kappa shape index (κ2) is 5.19. The monoisotopic (exact) mass is 300 g/mol. The molecule has 3 heterocycles. The third kappa shape index (κ3) is 2.19. The van der Waals surface area contributed by atoms with Crippen molar-refractivity contribution in [2.75, 3.05) is 13.1 Å². The van der Waals surface area contributed by atoms with E-state index in [1.165, 1.54) is 6.07 Å². The van der Waals surface area contributed by atoms with E-state index in [2.05, 4.69) is 10.1 Å². The van der Waals surface area contributed by atoms with Crippen molar-refractivity contribution in [2.45, 2.75) is 31.7 Å². The van der Waals surface area contributed by atoms with Gasteiger partial charge in [0.1, 0.15) is 11.6 Å². The first-order chi connectivity index (χ1) is 10.7. The molecule has 22 heavy (non-hydrogen) atoms. The van der Waals surface area contributed by atoms with Crippen molar-refractivity contribution in [3.05, 3.63) is 47.3 Å². The topological polar surface area (TPSA) is 51.0 Å². The lowest BCUT2D eigenvalue weighted by Gasteiger charge is -2.29. The van der Waals surface area contributed by atoms with Crippen LogP contribution in [0.5, 0.6) is 0 Å². The van der Waals surface area contributed by atoms with E-state index in [4.69, 9.17) is 0 Å². The minimum absolute atomic E-state index is 0.0809. The van der Waals surface area contributed by atoms with Crippen molar-refractivity contribution in [3.63, 3.8) is 0 Å². The maximum Gasteiger partial charge on any atom is 0.293 e. The number of fused-ring (bicyclic) bond motifs is 1. The van der Waals surface area contributed by atoms with Crippen LogP contribution in [0.3, 0.4) is 0 Å². The molecule has 0 saturated carbocycles. The zero-order valence-corrected chi connectivity index (χ0v) is 12.2. The van der Waals surface area contributed by atoms with Crippen molar-refractivity contribution < 1.29 is 9.18 Å². The molecule has 2 aliphatic heterocycles. The summed E-state index contributed by atoms with van der Waals surface area (Å²) in [5.74, 6) is 0.851. The maximum atomic E-state index is 13.8. The molecule has 0 unspecified atom stereocenters. The number of aryl methyl sites for hydroxylation is 1. The average molecular weight is 300 g/mol. The average Bonchev–Trinajstić information content (AvgIpc) is 3.01. The number of nitrogens with zero attached hydrogens (tertiary/aromatic N) is 4. The fourth-order valence-electron chi connectivity index (χ4n) is 3.09. The highest BCUT2D eigenvalue weighted by Crippen LogP contribution is 2.28. The maximum absolute atomic E-state index is 13.8. The van der Waals surface area contributed by atoms with Crippen LogP contribution in [0, 0.1) is 5.82 Å². The van der Waals surface area contributed by atoms with E-state index in [1.54, 1.807) is 17.0 Å². The number of amides is 1. The Morgan fingerprint density at radius 3 is 2.86 bits per heavy atom. The van der Waals surface area contributed by atoms with E-state index >= 15 is 0 Å². The molecule has 1 fully saturated rings. The molecule has 1 saturated heterocycles. The summed E-state index contributed by atoms with van der Waals surface area (Å²) < 4.78 is 15.6. The van der Waals surface area contributed by atoms with Crippen LogP contribution < -0.4 is 0 Å². The van der Waals surface area contributed by atoms with Gasteiger partial charge in [0.15, 0.2) is 0 Å². The third-order valence-corrected chi connectivity index (χ3v) is 4.50. The molecule has 114 valence electrons. The molecule has 1 aromatic heterocycles. The number of hydrogen-bond donors (Lipinski definition) is 0.